The number of aromatic nitrogens is 2. The van der Waals surface area contributed by atoms with Gasteiger partial charge in [-0.3, -0.25) is 4.79 Å². The van der Waals surface area contributed by atoms with Gasteiger partial charge in [-0.25, -0.2) is 0 Å². The Kier molecular flexibility index (Phi) is 4.21. The first-order valence-electron chi connectivity index (χ1n) is 5.80. The maximum Gasteiger partial charge on any atom is 0.277 e. The number of aryl methyl sites for hydroxylation is 1. The maximum atomic E-state index is 11.5. The summed E-state index contributed by atoms with van der Waals surface area (Å²) in [7, 11) is 3.43. The summed E-state index contributed by atoms with van der Waals surface area (Å²) in [6.07, 6.45) is 0. The maximum absolute atomic E-state index is 11.5. The monoisotopic (exact) mass is 277 g/mol. The molecule has 19 heavy (non-hydrogen) atoms. The number of rotatable bonds is 4. The molecule has 0 aliphatic rings. The van der Waals surface area contributed by atoms with Gasteiger partial charge in [0.25, 0.3) is 5.22 Å². The highest BCUT2D eigenvalue weighted by atomic mass is 32.2. The average molecular weight is 277 g/mol. The molecule has 0 saturated carbocycles. The van der Waals surface area contributed by atoms with Crippen molar-refractivity contribution < 1.29 is 9.21 Å². The van der Waals surface area contributed by atoms with Crippen molar-refractivity contribution in [1.29, 1.82) is 0 Å². The van der Waals surface area contributed by atoms with E-state index in [1.807, 2.05) is 31.2 Å². The first-order chi connectivity index (χ1) is 9.06. The minimum Gasteiger partial charge on any atom is -0.411 e. The highest BCUT2D eigenvalue weighted by Gasteiger charge is 2.11. The number of thioether (sulfide) groups is 1. The van der Waals surface area contributed by atoms with Crippen LogP contribution in [-0.4, -0.2) is 40.9 Å². The smallest absolute Gasteiger partial charge is 0.277 e. The van der Waals surface area contributed by atoms with Crippen molar-refractivity contribution in [2.24, 2.45) is 0 Å². The van der Waals surface area contributed by atoms with E-state index in [0.29, 0.717) is 16.9 Å². The van der Waals surface area contributed by atoms with Crippen LogP contribution in [0, 0.1) is 6.92 Å². The molecule has 1 amide bonds. The first-order valence-corrected chi connectivity index (χ1v) is 6.78. The Hall–Kier alpha value is -1.82. The lowest BCUT2D eigenvalue weighted by atomic mass is 10.1. The standard InChI is InChI=1S/C13H15N3O2S/c1-9-5-4-6-10(7-9)12-14-15-13(18-12)19-8-11(17)16(2)3/h4-7H,8H2,1-3H3. The molecular weight excluding hydrogens is 262 g/mol. The van der Waals surface area contributed by atoms with Gasteiger partial charge in [0.2, 0.25) is 11.8 Å². The van der Waals surface area contributed by atoms with Crippen LogP contribution in [0.1, 0.15) is 5.56 Å². The summed E-state index contributed by atoms with van der Waals surface area (Å²) in [5.41, 5.74) is 2.02. The van der Waals surface area contributed by atoms with Gasteiger partial charge in [-0.2, -0.15) is 0 Å². The Labute approximate surface area is 116 Å². The van der Waals surface area contributed by atoms with E-state index < -0.39 is 0 Å². The van der Waals surface area contributed by atoms with Gasteiger partial charge in [-0.05, 0) is 19.1 Å². The van der Waals surface area contributed by atoms with E-state index in [1.54, 1.807) is 14.1 Å². The predicted octanol–water partition coefficient (Wildman–Crippen LogP) is 2.23. The van der Waals surface area contributed by atoms with Crippen LogP contribution in [0.15, 0.2) is 33.9 Å². The van der Waals surface area contributed by atoms with Crippen LogP contribution >= 0.6 is 11.8 Å². The van der Waals surface area contributed by atoms with Gasteiger partial charge in [0.05, 0.1) is 5.75 Å². The second-order valence-electron chi connectivity index (χ2n) is 4.32. The van der Waals surface area contributed by atoms with Crippen LogP contribution in [0.2, 0.25) is 0 Å². The zero-order chi connectivity index (χ0) is 13.8. The molecule has 1 aromatic heterocycles. The summed E-state index contributed by atoms with van der Waals surface area (Å²) >= 11 is 1.25. The van der Waals surface area contributed by atoms with Gasteiger partial charge in [0.15, 0.2) is 0 Å². The molecule has 0 spiro atoms. The molecule has 0 aliphatic heterocycles. The molecule has 0 N–H and O–H groups in total. The number of amides is 1. The lowest BCUT2D eigenvalue weighted by Gasteiger charge is -2.07. The molecule has 5 nitrogen and oxygen atoms in total. The van der Waals surface area contributed by atoms with Crippen molar-refractivity contribution >= 4 is 17.7 Å². The Balaban J connectivity index is 2.05. The van der Waals surface area contributed by atoms with Crippen LogP contribution in [0.4, 0.5) is 0 Å². The fraction of sp³-hybridized carbons (Fsp3) is 0.308. The quantitative estimate of drug-likeness (QED) is 0.802. The third-order valence-electron chi connectivity index (χ3n) is 2.49. The van der Waals surface area contributed by atoms with Crippen LogP contribution in [0.25, 0.3) is 11.5 Å². The normalized spacial score (nSPS) is 10.5. The minimum atomic E-state index is 0.0142. The zero-order valence-corrected chi connectivity index (χ0v) is 11.9. The van der Waals surface area contributed by atoms with E-state index in [1.165, 1.54) is 16.7 Å². The third-order valence-corrected chi connectivity index (χ3v) is 3.29. The first kappa shape index (κ1) is 13.6. The summed E-state index contributed by atoms with van der Waals surface area (Å²) in [5, 5.41) is 8.33. The average Bonchev–Trinajstić information content (AvgIpc) is 2.84. The van der Waals surface area contributed by atoms with E-state index in [4.69, 9.17) is 4.42 Å². The number of hydrogen-bond acceptors (Lipinski definition) is 5. The van der Waals surface area contributed by atoms with Gasteiger partial charge < -0.3 is 9.32 Å². The summed E-state index contributed by atoms with van der Waals surface area (Å²) in [6.45, 7) is 2.01. The molecule has 0 aliphatic carbocycles. The van der Waals surface area contributed by atoms with Crippen molar-refractivity contribution in [2.75, 3.05) is 19.8 Å². The Bertz CT molecular complexity index is 581. The van der Waals surface area contributed by atoms with Crippen molar-refractivity contribution in [3.63, 3.8) is 0 Å². The van der Waals surface area contributed by atoms with Gasteiger partial charge in [-0.1, -0.05) is 29.5 Å². The van der Waals surface area contributed by atoms with Gasteiger partial charge in [-0.15, -0.1) is 10.2 Å². The van der Waals surface area contributed by atoms with E-state index in [-0.39, 0.29) is 5.91 Å². The van der Waals surface area contributed by atoms with Crippen molar-refractivity contribution in [1.82, 2.24) is 15.1 Å². The number of carbonyl (C=O) groups excluding carboxylic acids is 1. The summed E-state index contributed by atoms with van der Waals surface area (Å²) in [5.74, 6) is 0.784. The molecule has 0 atom stereocenters. The molecule has 0 unspecified atom stereocenters. The molecule has 2 aromatic rings. The summed E-state index contributed by atoms with van der Waals surface area (Å²) in [6, 6.07) is 7.84. The molecule has 0 fully saturated rings. The second-order valence-corrected chi connectivity index (χ2v) is 5.25. The van der Waals surface area contributed by atoms with Crippen LogP contribution in [0.5, 0.6) is 0 Å². The molecule has 2 rings (SSSR count). The molecule has 100 valence electrons. The Morgan fingerprint density at radius 2 is 2.16 bits per heavy atom. The highest BCUT2D eigenvalue weighted by molar-refractivity contribution is 7.99. The molecule has 1 aromatic carbocycles. The second kappa shape index (κ2) is 5.88. The fourth-order valence-electron chi connectivity index (χ4n) is 1.42. The number of nitrogens with zero attached hydrogens (tertiary/aromatic N) is 3. The topological polar surface area (TPSA) is 59.2 Å². The lowest BCUT2D eigenvalue weighted by molar-refractivity contribution is -0.125. The summed E-state index contributed by atoms with van der Waals surface area (Å²) in [4.78, 5) is 13.0. The van der Waals surface area contributed by atoms with E-state index in [2.05, 4.69) is 10.2 Å². The summed E-state index contributed by atoms with van der Waals surface area (Å²) < 4.78 is 5.52. The highest BCUT2D eigenvalue weighted by Crippen LogP contribution is 2.23. The largest absolute Gasteiger partial charge is 0.411 e. The van der Waals surface area contributed by atoms with E-state index >= 15 is 0 Å². The van der Waals surface area contributed by atoms with Gasteiger partial charge in [0.1, 0.15) is 0 Å². The van der Waals surface area contributed by atoms with Crippen molar-refractivity contribution in [3.05, 3.63) is 29.8 Å². The van der Waals surface area contributed by atoms with E-state index in [9.17, 15) is 4.79 Å². The minimum absolute atomic E-state index is 0.0142. The Morgan fingerprint density at radius 1 is 1.37 bits per heavy atom. The SMILES string of the molecule is Cc1cccc(-c2nnc(SCC(=O)N(C)C)o2)c1. The van der Waals surface area contributed by atoms with E-state index in [0.717, 1.165) is 11.1 Å². The van der Waals surface area contributed by atoms with Crippen LogP contribution in [0.3, 0.4) is 0 Å². The predicted molar refractivity (Wildman–Crippen MR) is 73.9 cm³/mol. The lowest BCUT2D eigenvalue weighted by Crippen LogP contribution is -2.23. The molecule has 0 bridgehead atoms. The fourth-order valence-corrected chi connectivity index (χ4v) is 2.16. The van der Waals surface area contributed by atoms with Crippen molar-refractivity contribution in [2.45, 2.75) is 12.1 Å². The molecule has 1 heterocycles. The molecular formula is C13H15N3O2S. The number of benzene rings is 1. The van der Waals surface area contributed by atoms with Gasteiger partial charge in [0, 0.05) is 19.7 Å². The molecule has 0 saturated heterocycles. The van der Waals surface area contributed by atoms with Crippen LogP contribution < -0.4 is 0 Å². The molecule has 0 radical (unpaired) electrons. The zero-order valence-electron chi connectivity index (χ0n) is 11.1. The molecule has 6 heteroatoms. The third kappa shape index (κ3) is 3.57. The number of hydrogen-bond donors (Lipinski definition) is 0. The van der Waals surface area contributed by atoms with Crippen molar-refractivity contribution in [3.8, 4) is 11.5 Å². The van der Waals surface area contributed by atoms with Gasteiger partial charge >= 0.3 is 0 Å². The van der Waals surface area contributed by atoms with Crippen LogP contribution in [-0.2, 0) is 4.79 Å². The Morgan fingerprint density at radius 3 is 2.84 bits per heavy atom. The number of carbonyl (C=O) groups is 1.